The maximum Gasteiger partial charge on any atom is 0.336 e. The first-order valence-electron chi connectivity index (χ1n) is 12.6. The van der Waals surface area contributed by atoms with Crippen LogP contribution in [0.5, 0.6) is 11.5 Å². The van der Waals surface area contributed by atoms with Gasteiger partial charge in [-0.15, -0.1) is 0 Å². The normalized spacial score (nSPS) is 20.1. The van der Waals surface area contributed by atoms with Gasteiger partial charge in [-0.3, -0.25) is 14.9 Å². The van der Waals surface area contributed by atoms with Crippen molar-refractivity contribution in [3.8, 4) is 11.5 Å². The van der Waals surface area contributed by atoms with Gasteiger partial charge in [-0.2, -0.15) is 0 Å². The van der Waals surface area contributed by atoms with E-state index in [4.69, 9.17) is 9.47 Å². The molecule has 0 radical (unpaired) electrons. The number of ether oxygens (including phenoxy) is 2. The molecule has 2 aliphatic rings. The number of hydrogen-bond donors (Lipinski definition) is 1. The molecule has 0 aromatic heterocycles. The van der Waals surface area contributed by atoms with E-state index in [0.29, 0.717) is 11.7 Å². The summed E-state index contributed by atoms with van der Waals surface area (Å²) in [4.78, 5) is 42.5. The van der Waals surface area contributed by atoms with E-state index >= 15 is 0 Å². The van der Waals surface area contributed by atoms with Crippen LogP contribution in [0.15, 0.2) is 35.9 Å². The van der Waals surface area contributed by atoms with E-state index in [2.05, 4.69) is 50.0 Å². The molecule has 4 amide bonds. The Hall–Kier alpha value is -3.81. The van der Waals surface area contributed by atoms with Crippen LogP contribution in [-0.4, -0.2) is 44.1 Å². The summed E-state index contributed by atoms with van der Waals surface area (Å²) in [5, 5.41) is 2.30. The third-order valence-electron chi connectivity index (χ3n) is 7.25. The smallest absolute Gasteiger partial charge is 0.336 e. The van der Waals surface area contributed by atoms with E-state index in [1.807, 2.05) is 6.92 Å². The van der Waals surface area contributed by atoms with Gasteiger partial charge in [-0.25, -0.2) is 9.69 Å². The van der Waals surface area contributed by atoms with Gasteiger partial charge in [0.2, 0.25) is 0 Å². The fourth-order valence-electron chi connectivity index (χ4n) is 5.45. The first-order valence-corrected chi connectivity index (χ1v) is 12.6. The molecular weight excluding hydrogens is 470 g/mol. The molecule has 2 aromatic carbocycles. The average molecular weight is 506 g/mol. The lowest BCUT2D eigenvalue weighted by Gasteiger charge is -2.48. The molecule has 4 rings (SSSR count). The fourth-order valence-corrected chi connectivity index (χ4v) is 5.45. The number of hydrogen-bond acceptors (Lipinski definition) is 6. The van der Waals surface area contributed by atoms with Gasteiger partial charge in [0.1, 0.15) is 17.1 Å². The molecule has 0 bridgehead atoms. The molecule has 2 aromatic rings. The number of rotatable bonds is 6. The van der Waals surface area contributed by atoms with Crippen molar-refractivity contribution in [2.45, 2.75) is 58.9 Å². The Morgan fingerprint density at radius 1 is 1.08 bits per heavy atom. The van der Waals surface area contributed by atoms with Crippen molar-refractivity contribution in [2.75, 3.05) is 30.6 Å². The summed E-state index contributed by atoms with van der Waals surface area (Å²) < 4.78 is 10.6. The Labute approximate surface area is 218 Å². The van der Waals surface area contributed by atoms with Crippen LogP contribution < -0.4 is 24.6 Å². The zero-order valence-electron chi connectivity index (χ0n) is 22.6. The van der Waals surface area contributed by atoms with E-state index < -0.39 is 17.8 Å². The summed E-state index contributed by atoms with van der Waals surface area (Å²) in [5.41, 5.74) is 4.25. The number of nitrogens with one attached hydrogen (secondary N) is 1. The number of aryl methyl sites for hydroxylation is 1. The second-order valence-electron chi connectivity index (χ2n) is 10.3. The third-order valence-corrected chi connectivity index (χ3v) is 7.25. The number of urea groups is 1. The average Bonchev–Trinajstić information content (AvgIpc) is 2.84. The number of imide groups is 2. The molecule has 1 N–H and O–H groups in total. The number of carbonyl (C=O) groups excluding carboxylic acids is 3. The SMILES string of the molecule is CCCN1c2cc(C)c(/C=C3/C(=O)NC(=O)N(c4ccc(OC)cc4OC)C3=O)cc2C(C)CC1(C)C. The van der Waals surface area contributed by atoms with Crippen LogP contribution >= 0.6 is 0 Å². The summed E-state index contributed by atoms with van der Waals surface area (Å²) in [6.07, 6.45) is 3.62. The van der Waals surface area contributed by atoms with Gasteiger partial charge in [-0.05, 0) is 86.6 Å². The molecule has 1 fully saturated rings. The number of amides is 4. The quantitative estimate of drug-likeness (QED) is 0.430. The topological polar surface area (TPSA) is 88.2 Å². The largest absolute Gasteiger partial charge is 0.497 e. The highest BCUT2D eigenvalue weighted by molar-refractivity contribution is 6.39. The van der Waals surface area contributed by atoms with Crippen LogP contribution in [0.25, 0.3) is 6.08 Å². The van der Waals surface area contributed by atoms with E-state index in [1.165, 1.54) is 25.5 Å². The lowest BCUT2D eigenvalue weighted by atomic mass is 9.78. The highest BCUT2D eigenvalue weighted by Crippen LogP contribution is 2.45. The number of methoxy groups -OCH3 is 2. The van der Waals surface area contributed by atoms with Gasteiger partial charge in [0.05, 0.1) is 19.9 Å². The van der Waals surface area contributed by atoms with E-state index in [-0.39, 0.29) is 22.5 Å². The first-order chi connectivity index (χ1) is 17.5. The summed E-state index contributed by atoms with van der Waals surface area (Å²) in [6.45, 7) is 11.9. The number of carbonyl (C=O) groups is 3. The molecule has 2 heterocycles. The highest BCUT2D eigenvalue weighted by atomic mass is 16.5. The van der Waals surface area contributed by atoms with Gasteiger partial charge in [0.15, 0.2) is 0 Å². The number of nitrogens with zero attached hydrogens (tertiary/aromatic N) is 2. The van der Waals surface area contributed by atoms with Crippen LogP contribution in [0.2, 0.25) is 0 Å². The van der Waals surface area contributed by atoms with Crippen molar-refractivity contribution in [3.63, 3.8) is 0 Å². The van der Waals surface area contributed by atoms with E-state index in [0.717, 1.165) is 35.4 Å². The second kappa shape index (κ2) is 9.92. The predicted octanol–water partition coefficient (Wildman–Crippen LogP) is 5.18. The number of fused-ring (bicyclic) bond motifs is 1. The number of benzene rings is 2. The Morgan fingerprint density at radius 2 is 1.81 bits per heavy atom. The first kappa shape index (κ1) is 26.3. The monoisotopic (exact) mass is 505 g/mol. The molecule has 1 saturated heterocycles. The van der Waals surface area contributed by atoms with Crippen LogP contribution in [0.4, 0.5) is 16.2 Å². The Balaban J connectivity index is 1.78. The second-order valence-corrected chi connectivity index (χ2v) is 10.3. The van der Waals surface area contributed by atoms with E-state index in [9.17, 15) is 14.4 Å². The van der Waals surface area contributed by atoms with Gasteiger partial charge in [-0.1, -0.05) is 13.8 Å². The molecule has 0 saturated carbocycles. The standard InChI is InChI=1S/C29H35N3O5/c1-8-11-31-24-12-17(2)19(13-21(24)18(3)16-29(31,4)5)14-22-26(33)30-28(35)32(27(22)34)23-10-9-20(36-6)15-25(23)37-7/h9-10,12-15,18H,8,11,16H2,1-7H3,(H,30,33,35)/b22-14-. The minimum absolute atomic E-state index is 0.0341. The fraction of sp³-hybridized carbons (Fsp3) is 0.414. The Morgan fingerprint density at radius 3 is 2.46 bits per heavy atom. The van der Waals surface area contributed by atoms with Crippen LogP contribution in [0.3, 0.4) is 0 Å². The third kappa shape index (κ3) is 4.68. The van der Waals surface area contributed by atoms with Crippen molar-refractivity contribution >= 4 is 35.3 Å². The lowest BCUT2D eigenvalue weighted by molar-refractivity contribution is -0.122. The molecular formula is C29H35N3O5. The lowest BCUT2D eigenvalue weighted by Crippen LogP contribution is -2.54. The molecule has 1 atom stereocenters. The Bertz CT molecular complexity index is 1300. The minimum Gasteiger partial charge on any atom is -0.497 e. The zero-order chi connectivity index (χ0) is 27.1. The van der Waals surface area contributed by atoms with Crippen molar-refractivity contribution in [1.29, 1.82) is 0 Å². The summed E-state index contributed by atoms with van der Waals surface area (Å²) in [7, 11) is 2.95. The van der Waals surface area contributed by atoms with Crippen LogP contribution in [0, 0.1) is 6.92 Å². The molecule has 2 aliphatic heterocycles. The number of anilines is 2. The van der Waals surface area contributed by atoms with Gasteiger partial charge >= 0.3 is 6.03 Å². The number of barbiturate groups is 1. The van der Waals surface area contributed by atoms with Crippen LogP contribution in [-0.2, 0) is 9.59 Å². The zero-order valence-corrected chi connectivity index (χ0v) is 22.6. The molecule has 8 nitrogen and oxygen atoms in total. The predicted molar refractivity (Wildman–Crippen MR) is 144 cm³/mol. The maximum atomic E-state index is 13.5. The molecule has 0 aliphatic carbocycles. The van der Waals surface area contributed by atoms with Crippen LogP contribution in [0.1, 0.15) is 63.1 Å². The molecule has 196 valence electrons. The summed E-state index contributed by atoms with van der Waals surface area (Å²) in [5.74, 6) is -0.340. The minimum atomic E-state index is -0.830. The molecule has 37 heavy (non-hydrogen) atoms. The van der Waals surface area contributed by atoms with Gasteiger partial charge in [0, 0.05) is 23.8 Å². The van der Waals surface area contributed by atoms with Crippen molar-refractivity contribution in [3.05, 3.63) is 52.6 Å². The molecule has 1 unspecified atom stereocenters. The maximum absolute atomic E-state index is 13.5. The van der Waals surface area contributed by atoms with Crippen molar-refractivity contribution in [1.82, 2.24) is 5.32 Å². The molecule has 0 spiro atoms. The summed E-state index contributed by atoms with van der Waals surface area (Å²) in [6, 6.07) is 8.15. The summed E-state index contributed by atoms with van der Waals surface area (Å²) >= 11 is 0. The van der Waals surface area contributed by atoms with Gasteiger partial charge < -0.3 is 14.4 Å². The highest BCUT2D eigenvalue weighted by Gasteiger charge is 2.39. The Kier molecular flexibility index (Phi) is 7.04. The molecule has 8 heteroatoms. The van der Waals surface area contributed by atoms with Crippen molar-refractivity contribution in [2.24, 2.45) is 0 Å². The van der Waals surface area contributed by atoms with E-state index in [1.54, 1.807) is 24.3 Å². The van der Waals surface area contributed by atoms with Gasteiger partial charge in [0.25, 0.3) is 11.8 Å². The van der Waals surface area contributed by atoms with Crippen molar-refractivity contribution < 1.29 is 23.9 Å².